The van der Waals surface area contributed by atoms with Crippen LogP contribution >= 0.6 is 11.8 Å². The minimum atomic E-state index is -0.855. The van der Waals surface area contributed by atoms with Crippen LogP contribution in [0.25, 0.3) is 5.95 Å². The van der Waals surface area contributed by atoms with Gasteiger partial charge in [-0.2, -0.15) is 9.78 Å². The van der Waals surface area contributed by atoms with Crippen LogP contribution < -0.4 is 0 Å². The van der Waals surface area contributed by atoms with Crippen LogP contribution in [0.5, 0.6) is 0 Å². The molecule has 0 aliphatic heterocycles. The molecule has 0 aromatic carbocycles. The molecule has 2 aromatic heterocycles. The number of rotatable bonds is 6. The third-order valence-corrected chi connectivity index (χ3v) is 3.71. The number of aryl methyl sites for hydroxylation is 3. The molecule has 0 unspecified atom stereocenters. The van der Waals surface area contributed by atoms with Gasteiger partial charge in [0.15, 0.2) is 0 Å². The molecule has 112 valence electrons. The summed E-state index contributed by atoms with van der Waals surface area (Å²) >= 11 is 1.23. The molecule has 21 heavy (non-hydrogen) atoms. The Morgan fingerprint density at radius 3 is 2.52 bits per heavy atom. The number of carbonyl (C=O) groups is 1. The summed E-state index contributed by atoms with van der Waals surface area (Å²) in [5, 5.41) is 14.1. The lowest BCUT2D eigenvalue weighted by Crippen LogP contribution is -2.08. The Kier molecular flexibility index (Phi) is 4.95. The number of nitrogens with zero attached hydrogens (tertiary/aromatic N) is 4. The van der Waals surface area contributed by atoms with E-state index in [1.807, 2.05) is 26.0 Å². The van der Waals surface area contributed by atoms with Crippen molar-refractivity contribution in [1.82, 2.24) is 19.7 Å². The highest BCUT2D eigenvalue weighted by Crippen LogP contribution is 2.22. The van der Waals surface area contributed by atoms with Gasteiger partial charge in [-0.1, -0.05) is 25.1 Å². The molecule has 0 fully saturated rings. The van der Waals surface area contributed by atoms with Crippen molar-refractivity contribution in [2.45, 2.75) is 38.6 Å². The van der Waals surface area contributed by atoms with Crippen molar-refractivity contribution in [2.75, 3.05) is 5.75 Å². The van der Waals surface area contributed by atoms with E-state index in [1.165, 1.54) is 11.8 Å². The van der Waals surface area contributed by atoms with E-state index in [0.717, 1.165) is 34.9 Å². The van der Waals surface area contributed by atoms with E-state index in [1.54, 1.807) is 4.68 Å². The van der Waals surface area contributed by atoms with Gasteiger partial charge in [-0.25, -0.2) is 9.97 Å². The summed E-state index contributed by atoms with van der Waals surface area (Å²) in [5.74, 6) is -0.379. The van der Waals surface area contributed by atoms with Crippen molar-refractivity contribution >= 4 is 17.7 Å². The molecule has 0 aliphatic rings. The van der Waals surface area contributed by atoms with Crippen LogP contribution in [0.1, 0.15) is 30.4 Å². The summed E-state index contributed by atoms with van der Waals surface area (Å²) in [5.41, 5.74) is 2.65. The summed E-state index contributed by atoms with van der Waals surface area (Å²) in [6.07, 6.45) is 1.83. The molecule has 0 atom stereocenters. The van der Waals surface area contributed by atoms with Crippen LogP contribution in [0, 0.1) is 13.8 Å². The minimum Gasteiger partial charge on any atom is -0.481 e. The van der Waals surface area contributed by atoms with E-state index in [-0.39, 0.29) is 5.75 Å². The van der Waals surface area contributed by atoms with E-state index >= 15 is 0 Å². The molecule has 1 N–H and O–H groups in total. The molecule has 0 spiro atoms. The highest BCUT2D eigenvalue weighted by molar-refractivity contribution is 7.99. The fourth-order valence-electron chi connectivity index (χ4n) is 1.97. The second-order valence-corrected chi connectivity index (χ2v) is 5.76. The van der Waals surface area contributed by atoms with Gasteiger partial charge in [0.1, 0.15) is 5.03 Å². The summed E-state index contributed by atoms with van der Waals surface area (Å²) in [6, 6.07) is 3.81. The predicted molar refractivity (Wildman–Crippen MR) is 81.0 cm³/mol. The highest BCUT2D eigenvalue weighted by Gasteiger charge is 2.14. The standard InChI is InChI=1S/C14H18N4O2S/c1-4-5-11-7-12(21-8-13(19)20)18(17-11)14-15-9(2)6-10(3)16-14/h6-7H,4-5,8H2,1-3H3,(H,19,20). The molecule has 2 aromatic rings. The van der Waals surface area contributed by atoms with E-state index in [9.17, 15) is 4.79 Å². The lowest BCUT2D eigenvalue weighted by molar-refractivity contribution is -0.133. The maximum atomic E-state index is 10.8. The first kappa shape index (κ1) is 15.5. The Labute approximate surface area is 127 Å². The van der Waals surface area contributed by atoms with Crippen LogP contribution in [-0.4, -0.2) is 36.6 Å². The molecule has 2 rings (SSSR count). The Morgan fingerprint density at radius 2 is 1.95 bits per heavy atom. The molecular formula is C14H18N4O2S. The fraction of sp³-hybridized carbons (Fsp3) is 0.429. The van der Waals surface area contributed by atoms with Gasteiger partial charge in [0.05, 0.1) is 11.4 Å². The number of carboxylic acid groups (broad SMARTS) is 1. The van der Waals surface area contributed by atoms with Crippen LogP contribution in [0.4, 0.5) is 0 Å². The van der Waals surface area contributed by atoms with Crippen LogP contribution in [0.3, 0.4) is 0 Å². The summed E-state index contributed by atoms with van der Waals surface area (Å²) in [6.45, 7) is 5.88. The van der Waals surface area contributed by atoms with E-state index in [2.05, 4.69) is 22.0 Å². The molecule has 0 saturated heterocycles. The highest BCUT2D eigenvalue weighted by atomic mass is 32.2. The molecule has 2 heterocycles. The lowest BCUT2D eigenvalue weighted by atomic mass is 10.3. The van der Waals surface area contributed by atoms with Crippen molar-refractivity contribution in [1.29, 1.82) is 0 Å². The maximum absolute atomic E-state index is 10.8. The zero-order valence-corrected chi connectivity index (χ0v) is 13.1. The number of thioether (sulfide) groups is 1. The van der Waals surface area contributed by atoms with Crippen LogP contribution in [-0.2, 0) is 11.2 Å². The third kappa shape index (κ3) is 4.04. The first-order valence-corrected chi connectivity index (χ1v) is 7.74. The normalized spacial score (nSPS) is 10.8. The molecule has 0 radical (unpaired) electrons. The van der Waals surface area contributed by atoms with E-state index in [0.29, 0.717) is 5.95 Å². The minimum absolute atomic E-state index is 0.0118. The molecular weight excluding hydrogens is 288 g/mol. The third-order valence-electron chi connectivity index (χ3n) is 2.74. The van der Waals surface area contributed by atoms with Gasteiger partial charge in [-0.3, -0.25) is 4.79 Å². The Balaban J connectivity index is 2.41. The Bertz CT molecular complexity index is 634. The zero-order chi connectivity index (χ0) is 15.4. The largest absolute Gasteiger partial charge is 0.481 e. The Morgan fingerprint density at radius 1 is 1.29 bits per heavy atom. The van der Waals surface area contributed by atoms with Crippen molar-refractivity contribution in [3.05, 3.63) is 29.2 Å². The second kappa shape index (κ2) is 6.71. The fourth-order valence-corrected chi connectivity index (χ4v) is 2.71. The zero-order valence-electron chi connectivity index (χ0n) is 12.3. The predicted octanol–water partition coefficient (Wildman–Crippen LogP) is 2.41. The van der Waals surface area contributed by atoms with Gasteiger partial charge < -0.3 is 5.11 Å². The number of aliphatic carboxylic acids is 1. The SMILES string of the molecule is CCCc1cc(SCC(=O)O)n(-c2nc(C)cc(C)n2)n1. The van der Waals surface area contributed by atoms with Gasteiger partial charge in [-0.05, 0) is 32.4 Å². The average molecular weight is 306 g/mol. The number of carboxylic acids is 1. The van der Waals surface area contributed by atoms with Gasteiger partial charge in [0, 0.05) is 11.4 Å². The van der Waals surface area contributed by atoms with E-state index < -0.39 is 5.97 Å². The summed E-state index contributed by atoms with van der Waals surface area (Å²) in [4.78, 5) is 19.6. The van der Waals surface area contributed by atoms with E-state index in [4.69, 9.17) is 5.11 Å². The molecule has 0 bridgehead atoms. The van der Waals surface area contributed by atoms with Crippen LogP contribution in [0.15, 0.2) is 17.2 Å². The average Bonchev–Trinajstić information content (AvgIpc) is 2.79. The van der Waals surface area contributed by atoms with Crippen molar-refractivity contribution in [3.63, 3.8) is 0 Å². The quantitative estimate of drug-likeness (QED) is 0.825. The summed E-state index contributed by atoms with van der Waals surface area (Å²) < 4.78 is 1.64. The molecule has 0 amide bonds. The first-order chi connectivity index (χ1) is 9.99. The molecule has 0 saturated carbocycles. The second-order valence-electron chi connectivity index (χ2n) is 4.77. The number of hydrogen-bond donors (Lipinski definition) is 1. The molecule has 7 heteroatoms. The molecule has 0 aliphatic carbocycles. The van der Waals surface area contributed by atoms with Crippen molar-refractivity contribution in [2.24, 2.45) is 0 Å². The maximum Gasteiger partial charge on any atom is 0.313 e. The van der Waals surface area contributed by atoms with Gasteiger partial charge in [0.25, 0.3) is 5.95 Å². The molecule has 6 nitrogen and oxygen atoms in total. The topological polar surface area (TPSA) is 80.9 Å². The lowest BCUT2D eigenvalue weighted by Gasteiger charge is -2.06. The summed E-state index contributed by atoms with van der Waals surface area (Å²) in [7, 11) is 0. The number of aromatic nitrogens is 4. The van der Waals surface area contributed by atoms with Crippen molar-refractivity contribution < 1.29 is 9.90 Å². The first-order valence-electron chi connectivity index (χ1n) is 6.75. The van der Waals surface area contributed by atoms with Gasteiger partial charge in [-0.15, -0.1) is 0 Å². The van der Waals surface area contributed by atoms with Crippen LogP contribution in [0.2, 0.25) is 0 Å². The smallest absolute Gasteiger partial charge is 0.313 e. The van der Waals surface area contributed by atoms with Crippen molar-refractivity contribution in [3.8, 4) is 5.95 Å². The number of hydrogen-bond acceptors (Lipinski definition) is 5. The van der Waals surface area contributed by atoms with Gasteiger partial charge in [0.2, 0.25) is 0 Å². The monoisotopic (exact) mass is 306 g/mol. The Hall–Kier alpha value is -1.89. The van der Waals surface area contributed by atoms with Gasteiger partial charge >= 0.3 is 5.97 Å².